The van der Waals surface area contributed by atoms with Crippen LogP contribution in [-0.4, -0.2) is 17.6 Å². The van der Waals surface area contributed by atoms with E-state index in [0.717, 1.165) is 19.4 Å². The van der Waals surface area contributed by atoms with E-state index in [0.29, 0.717) is 18.3 Å². The number of nitrogens with two attached hydrogens (primary N) is 1. The van der Waals surface area contributed by atoms with Crippen LogP contribution >= 0.6 is 0 Å². The van der Waals surface area contributed by atoms with Gasteiger partial charge in [0.05, 0.1) is 0 Å². The molecule has 0 fully saturated rings. The largest absolute Gasteiger partial charge is 0.409 e. The fourth-order valence-corrected chi connectivity index (χ4v) is 1.98. The van der Waals surface area contributed by atoms with Gasteiger partial charge in [0.25, 0.3) is 0 Å². The van der Waals surface area contributed by atoms with Gasteiger partial charge in [-0.2, -0.15) is 0 Å². The van der Waals surface area contributed by atoms with Gasteiger partial charge in [-0.3, -0.25) is 0 Å². The minimum Gasteiger partial charge on any atom is -0.409 e. The standard InChI is InChI=1S/C14H23N3O/c1-11-7-3-4-8-13(11)12(2)16-10-6-5-9-14(15)17-18/h3-4,7-8,12,16,18H,5-6,9-10H2,1-2H3,(H2,15,17)/t12-/m0/s1. The number of unbranched alkanes of at least 4 members (excludes halogenated alkanes) is 1. The maximum absolute atomic E-state index is 8.41. The molecule has 100 valence electrons. The summed E-state index contributed by atoms with van der Waals surface area (Å²) in [5.41, 5.74) is 8.06. The molecule has 0 aliphatic heterocycles. The summed E-state index contributed by atoms with van der Waals surface area (Å²) in [5.74, 6) is 0.307. The van der Waals surface area contributed by atoms with Crippen molar-refractivity contribution in [2.45, 2.75) is 39.2 Å². The number of hydrogen-bond acceptors (Lipinski definition) is 3. The second-order valence-electron chi connectivity index (χ2n) is 4.58. The molecule has 1 aromatic carbocycles. The third-order valence-corrected chi connectivity index (χ3v) is 3.09. The van der Waals surface area contributed by atoms with E-state index >= 15 is 0 Å². The maximum atomic E-state index is 8.41. The van der Waals surface area contributed by atoms with Crippen LogP contribution in [0.2, 0.25) is 0 Å². The minimum absolute atomic E-state index is 0.307. The molecular weight excluding hydrogens is 226 g/mol. The van der Waals surface area contributed by atoms with Crippen molar-refractivity contribution in [3.63, 3.8) is 0 Å². The third-order valence-electron chi connectivity index (χ3n) is 3.09. The van der Waals surface area contributed by atoms with Crippen LogP contribution in [0.1, 0.15) is 43.4 Å². The highest BCUT2D eigenvalue weighted by Gasteiger charge is 2.06. The zero-order chi connectivity index (χ0) is 13.4. The van der Waals surface area contributed by atoms with Crippen molar-refractivity contribution in [3.05, 3.63) is 35.4 Å². The van der Waals surface area contributed by atoms with E-state index in [4.69, 9.17) is 10.9 Å². The molecule has 1 atom stereocenters. The summed E-state index contributed by atoms with van der Waals surface area (Å²) in [4.78, 5) is 0. The van der Waals surface area contributed by atoms with E-state index in [-0.39, 0.29) is 0 Å². The van der Waals surface area contributed by atoms with Gasteiger partial charge in [-0.25, -0.2) is 0 Å². The monoisotopic (exact) mass is 249 g/mol. The lowest BCUT2D eigenvalue weighted by molar-refractivity contribution is 0.316. The average molecular weight is 249 g/mol. The van der Waals surface area contributed by atoms with E-state index in [1.807, 2.05) is 0 Å². The van der Waals surface area contributed by atoms with Crippen LogP contribution in [0.3, 0.4) is 0 Å². The predicted octanol–water partition coefficient (Wildman–Crippen LogP) is 2.56. The van der Waals surface area contributed by atoms with Crippen LogP contribution in [-0.2, 0) is 0 Å². The van der Waals surface area contributed by atoms with Crippen LogP contribution in [0.5, 0.6) is 0 Å². The van der Waals surface area contributed by atoms with Gasteiger partial charge in [-0.1, -0.05) is 29.4 Å². The second-order valence-corrected chi connectivity index (χ2v) is 4.58. The Kier molecular flexibility index (Phi) is 6.22. The first kappa shape index (κ1) is 14.5. The first-order valence-corrected chi connectivity index (χ1v) is 6.40. The molecule has 0 bridgehead atoms. The van der Waals surface area contributed by atoms with E-state index in [1.165, 1.54) is 11.1 Å². The summed E-state index contributed by atoms with van der Waals surface area (Å²) >= 11 is 0. The minimum atomic E-state index is 0.307. The van der Waals surface area contributed by atoms with Gasteiger partial charge >= 0.3 is 0 Å². The smallest absolute Gasteiger partial charge is 0.139 e. The first-order valence-electron chi connectivity index (χ1n) is 6.40. The quantitative estimate of drug-likeness (QED) is 0.229. The molecule has 0 aliphatic carbocycles. The molecule has 0 aromatic heterocycles. The van der Waals surface area contributed by atoms with E-state index in [2.05, 4.69) is 48.6 Å². The summed E-state index contributed by atoms with van der Waals surface area (Å²) in [6.07, 6.45) is 2.60. The topological polar surface area (TPSA) is 70.6 Å². The Labute approximate surface area is 109 Å². The molecule has 4 heteroatoms. The highest BCUT2D eigenvalue weighted by atomic mass is 16.4. The first-order chi connectivity index (χ1) is 8.65. The van der Waals surface area contributed by atoms with Crippen molar-refractivity contribution in [2.24, 2.45) is 10.9 Å². The highest BCUT2D eigenvalue weighted by molar-refractivity contribution is 5.79. The molecule has 0 unspecified atom stereocenters. The summed E-state index contributed by atoms with van der Waals surface area (Å²) < 4.78 is 0. The van der Waals surface area contributed by atoms with Crippen LogP contribution in [0.4, 0.5) is 0 Å². The number of oxime groups is 1. The Bertz CT molecular complexity index is 390. The van der Waals surface area contributed by atoms with E-state index < -0.39 is 0 Å². The van der Waals surface area contributed by atoms with Crippen molar-refractivity contribution >= 4 is 5.84 Å². The summed E-state index contributed by atoms with van der Waals surface area (Å²) in [6.45, 7) is 5.24. The molecule has 0 spiro atoms. The lowest BCUT2D eigenvalue weighted by atomic mass is 10.0. The Balaban J connectivity index is 2.26. The number of hydrogen-bond donors (Lipinski definition) is 3. The number of amidine groups is 1. The lowest BCUT2D eigenvalue weighted by Crippen LogP contribution is -2.21. The van der Waals surface area contributed by atoms with Gasteiger partial charge in [0.2, 0.25) is 0 Å². The summed E-state index contributed by atoms with van der Waals surface area (Å²) in [7, 11) is 0. The van der Waals surface area contributed by atoms with Crippen LogP contribution < -0.4 is 11.1 Å². The van der Waals surface area contributed by atoms with Gasteiger partial charge in [-0.05, 0) is 44.4 Å². The lowest BCUT2D eigenvalue weighted by Gasteiger charge is -2.16. The Morgan fingerprint density at radius 2 is 2.11 bits per heavy atom. The molecule has 18 heavy (non-hydrogen) atoms. The molecule has 0 saturated carbocycles. The van der Waals surface area contributed by atoms with E-state index in [1.54, 1.807) is 0 Å². The third kappa shape index (κ3) is 4.75. The van der Waals surface area contributed by atoms with Gasteiger partial charge in [-0.15, -0.1) is 0 Å². The number of aryl methyl sites for hydroxylation is 1. The Hall–Kier alpha value is -1.55. The number of rotatable bonds is 7. The molecule has 1 aromatic rings. The van der Waals surface area contributed by atoms with Crippen LogP contribution in [0.15, 0.2) is 29.4 Å². The molecule has 0 heterocycles. The highest BCUT2D eigenvalue weighted by Crippen LogP contribution is 2.16. The molecule has 4 nitrogen and oxygen atoms in total. The Morgan fingerprint density at radius 1 is 1.39 bits per heavy atom. The maximum Gasteiger partial charge on any atom is 0.139 e. The van der Waals surface area contributed by atoms with Gasteiger partial charge in [0.1, 0.15) is 5.84 Å². The second kappa shape index (κ2) is 7.71. The molecule has 0 aliphatic rings. The fourth-order valence-electron chi connectivity index (χ4n) is 1.98. The normalized spacial score (nSPS) is 13.6. The zero-order valence-electron chi connectivity index (χ0n) is 11.2. The van der Waals surface area contributed by atoms with Crippen molar-refractivity contribution in [1.29, 1.82) is 0 Å². The predicted molar refractivity (Wildman–Crippen MR) is 74.9 cm³/mol. The van der Waals surface area contributed by atoms with Crippen molar-refractivity contribution in [3.8, 4) is 0 Å². The number of nitrogens with one attached hydrogen (secondary N) is 1. The average Bonchev–Trinajstić information content (AvgIpc) is 2.38. The molecule has 0 saturated heterocycles. The summed E-state index contributed by atoms with van der Waals surface area (Å²) in [5, 5.41) is 14.8. The fraction of sp³-hybridized carbons (Fsp3) is 0.500. The van der Waals surface area contributed by atoms with Gasteiger partial charge in [0, 0.05) is 12.5 Å². The molecular formula is C14H23N3O. The Morgan fingerprint density at radius 3 is 2.78 bits per heavy atom. The SMILES string of the molecule is Cc1ccccc1[C@H](C)NCCCC/C(N)=N/O. The number of nitrogens with zero attached hydrogens (tertiary/aromatic N) is 1. The molecule has 4 N–H and O–H groups in total. The molecule has 0 radical (unpaired) electrons. The summed E-state index contributed by atoms with van der Waals surface area (Å²) in [6, 6.07) is 8.77. The van der Waals surface area contributed by atoms with Crippen LogP contribution in [0, 0.1) is 6.92 Å². The van der Waals surface area contributed by atoms with Crippen molar-refractivity contribution < 1.29 is 5.21 Å². The molecule has 0 amide bonds. The van der Waals surface area contributed by atoms with Gasteiger partial charge in [0.15, 0.2) is 0 Å². The van der Waals surface area contributed by atoms with Crippen molar-refractivity contribution in [2.75, 3.05) is 6.54 Å². The van der Waals surface area contributed by atoms with Gasteiger partial charge < -0.3 is 16.3 Å². The van der Waals surface area contributed by atoms with E-state index in [9.17, 15) is 0 Å². The molecule has 1 rings (SSSR count). The zero-order valence-corrected chi connectivity index (χ0v) is 11.2. The van der Waals surface area contributed by atoms with Crippen molar-refractivity contribution in [1.82, 2.24) is 5.32 Å². The number of benzene rings is 1. The van der Waals surface area contributed by atoms with Crippen LogP contribution in [0.25, 0.3) is 0 Å².